The largest absolute Gasteiger partial charge is 0.508 e. The van der Waals surface area contributed by atoms with Crippen molar-refractivity contribution in [3.63, 3.8) is 0 Å². The number of aryl methyl sites for hydroxylation is 1. The molecule has 0 aromatic heterocycles. The number of phenols is 1. The van der Waals surface area contributed by atoms with Crippen molar-refractivity contribution in [2.75, 3.05) is 12.0 Å². The molecule has 230 valence electrons. The molecule has 0 radical (unpaired) electrons. The van der Waals surface area contributed by atoms with Crippen LogP contribution in [-0.4, -0.2) is 40.6 Å². The molecular weight excluding hydrogens is 572 g/mol. The minimum atomic E-state index is -1.85. The van der Waals surface area contributed by atoms with Crippen molar-refractivity contribution in [1.29, 1.82) is 0 Å². The Morgan fingerprint density at radius 2 is 1.56 bits per heavy atom. The molecule has 2 saturated heterocycles. The van der Waals surface area contributed by atoms with Crippen molar-refractivity contribution in [2.45, 2.75) is 38.0 Å². The predicted molar refractivity (Wildman–Crippen MR) is 167 cm³/mol. The molecule has 2 aliphatic heterocycles. The Balaban J connectivity index is 1.48. The summed E-state index contributed by atoms with van der Waals surface area (Å²) in [7, 11) is 1.51. The zero-order chi connectivity index (χ0) is 31.7. The van der Waals surface area contributed by atoms with Gasteiger partial charge in [0.2, 0.25) is 11.8 Å². The molecule has 0 spiro atoms. The van der Waals surface area contributed by atoms with Crippen LogP contribution in [0.1, 0.15) is 35.2 Å². The van der Waals surface area contributed by atoms with Gasteiger partial charge in [-0.25, -0.2) is 4.90 Å². The van der Waals surface area contributed by atoms with E-state index in [0.717, 1.165) is 22.4 Å². The first-order valence-corrected chi connectivity index (χ1v) is 14.9. The van der Waals surface area contributed by atoms with Gasteiger partial charge in [-0.3, -0.25) is 19.7 Å². The van der Waals surface area contributed by atoms with Crippen molar-refractivity contribution in [1.82, 2.24) is 5.32 Å². The Kier molecular flexibility index (Phi) is 8.03. The van der Waals surface area contributed by atoms with Crippen LogP contribution >= 0.6 is 0 Å². The van der Waals surface area contributed by atoms with Crippen LogP contribution in [0.3, 0.4) is 0 Å². The van der Waals surface area contributed by atoms with E-state index < -0.39 is 41.2 Å². The van der Waals surface area contributed by atoms with Crippen LogP contribution in [0.2, 0.25) is 0 Å². The number of nitrogens with zero attached hydrogens (tertiary/aromatic N) is 1. The highest BCUT2D eigenvalue weighted by atomic mass is 16.5. The average Bonchev–Trinajstić information content (AvgIpc) is 3.54. The number of phenolic OH excluding ortho intramolecular Hbond substituents is 1. The molecule has 0 saturated carbocycles. The first kappa shape index (κ1) is 29.9. The Morgan fingerprint density at radius 1 is 0.867 bits per heavy atom. The van der Waals surface area contributed by atoms with Crippen molar-refractivity contribution < 1.29 is 34.1 Å². The summed E-state index contributed by atoms with van der Waals surface area (Å²) in [4.78, 5) is 43.2. The molecule has 9 heteroatoms. The maximum atomic E-state index is 14.4. The first-order valence-electron chi connectivity index (χ1n) is 14.9. The van der Waals surface area contributed by atoms with Gasteiger partial charge in [-0.15, -0.1) is 0 Å². The van der Waals surface area contributed by atoms with Gasteiger partial charge in [0.05, 0.1) is 24.6 Å². The highest BCUT2D eigenvalue weighted by molar-refractivity contribution is 6.24. The minimum Gasteiger partial charge on any atom is -0.508 e. The molecule has 6 rings (SSSR count). The number of benzene rings is 4. The van der Waals surface area contributed by atoms with Crippen LogP contribution in [0.4, 0.5) is 5.69 Å². The number of carboxylic acids is 1. The monoisotopic (exact) mass is 606 g/mol. The molecule has 4 unspecified atom stereocenters. The van der Waals surface area contributed by atoms with Crippen LogP contribution in [0.15, 0.2) is 97.1 Å². The Labute approximate surface area is 261 Å². The smallest absolute Gasteiger partial charge is 0.325 e. The zero-order valence-electron chi connectivity index (χ0n) is 25.0. The molecule has 2 heterocycles. The third kappa shape index (κ3) is 5.29. The van der Waals surface area contributed by atoms with E-state index in [2.05, 4.69) is 5.32 Å². The fourth-order valence-corrected chi connectivity index (χ4v) is 6.60. The van der Waals surface area contributed by atoms with Gasteiger partial charge >= 0.3 is 5.97 Å². The van der Waals surface area contributed by atoms with Gasteiger partial charge in [0.15, 0.2) is 11.5 Å². The molecule has 4 atom stereocenters. The summed E-state index contributed by atoms with van der Waals surface area (Å²) in [6, 6.07) is 27.3. The van der Waals surface area contributed by atoms with Gasteiger partial charge in [0, 0.05) is 18.0 Å². The number of carbonyl (C=O) groups excluding carboxylic acids is 2. The Hall–Kier alpha value is -5.15. The number of carbonyl (C=O) groups is 3. The van der Waals surface area contributed by atoms with Crippen molar-refractivity contribution in [3.8, 4) is 17.2 Å². The quantitative estimate of drug-likeness (QED) is 0.214. The second-order valence-corrected chi connectivity index (χ2v) is 11.4. The molecule has 4 aromatic carbocycles. The number of para-hydroxylation sites is 1. The number of carboxylic acid groups (broad SMARTS) is 1. The summed E-state index contributed by atoms with van der Waals surface area (Å²) in [6.07, 6.45) is 0.682. The maximum absolute atomic E-state index is 14.4. The van der Waals surface area contributed by atoms with Crippen molar-refractivity contribution in [3.05, 3.63) is 119 Å². The van der Waals surface area contributed by atoms with Crippen molar-refractivity contribution >= 4 is 23.5 Å². The summed E-state index contributed by atoms with van der Waals surface area (Å²) < 4.78 is 12.0. The van der Waals surface area contributed by atoms with Crippen LogP contribution in [0.25, 0.3) is 0 Å². The number of ether oxygens (including phenoxy) is 2. The van der Waals surface area contributed by atoms with E-state index >= 15 is 0 Å². The van der Waals surface area contributed by atoms with Gasteiger partial charge < -0.3 is 19.7 Å². The molecular formula is C36H34N2O7. The van der Waals surface area contributed by atoms with E-state index in [4.69, 9.17) is 9.47 Å². The number of anilines is 1. The van der Waals surface area contributed by atoms with E-state index in [9.17, 15) is 24.6 Å². The first-order chi connectivity index (χ1) is 21.8. The number of fused-ring (bicyclic) bond motifs is 1. The molecule has 0 aliphatic carbocycles. The summed E-state index contributed by atoms with van der Waals surface area (Å²) in [5.41, 5.74) is 1.59. The van der Waals surface area contributed by atoms with Gasteiger partial charge in [-0.05, 0) is 53.4 Å². The van der Waals surface area contributed by atoms with Gasteiger partial charge in [-0.1, -0.05) is 73.7 Å². The third-order valence-corrected chi connectivity index (χ3v) is 8.85. The number of amides is 2. The van der Waals surface area contributed by atoms with E-state index in [1.54, 1.807) is 42.5 Å². The van der Waals surface area contributed by atoms with E-state index in [1.165, 1.54) is 19.2 Å². The predicted octanol–water partition coefficient (Wildman–Crippen LogP) is 5.06. The third-order valence-electron chi connectivity index (χ3n) is 8.85. The highest BCUT2D eigenvalue weighted by Crippen LogP contribution is 2.53. The Bertz CT molecular complexity index is 1720. The summed E-state index contributed by atoms with van der Waals surface area (Å²) in [5.74, 6) is -3.81. The lowest BCUT2D eigenvalue weighted by Gasteiger charge is -2.31. The molecule has 2 aliphatic rings. The number of hydrogen-bond acceptors (Lipinski definition) is 7. The number of hydrogen-bond donors (Lipinski definition) is 3. The molecule has 0 bridgehead atoms. The molecule has 3 N–H and O–H groups in total. The van der Waals surface area contributed by atoms with E-state index in [0.29, 0.717) is 28.3 Å². The Morgan fingerprint density at radius 3 is 2.20 bits per heavy atom. The summed E-state index contributed by atoms with van der Waals surface area (Å²) in [5, 5.41) is 24.0. The molecule has 45 heavy (non-hydrogen) atoms. The van der Waals surface area contributed by atoms with Crippen molar-refractivity contribution in [2.24, 2.45) is 11.8 Å². The zero-order valence-corrected chi connectivity index (χ0v) is 25.0. The summed E-state index contributed by atoms with van der Waals surface area (Å²) >= 11 is 0. The number of imide groups is 1. The van der Waals surface area contributed by atoms with Gasteiger partial charge in [0.1, 0.15) is 17.9 Å². The minimum absolute atomic E-state index is 0.0312. The van der Waals surface area contributed by atoms with Gasteiger partial charge in [-0.2, -0.15) is 0 Å². The average molecular weight is 607 g/mol. The number of nitrogens with one attached hydrogen (secondary N) is 1. The van der Waals surface area contributed by atoms with Crippen LogP contribution in [0.5, 0.6) is 17.2 Å². The van der Waals surface area contributed by atoms with Gasteiger partial charge in [0.25, 0.3) is 0 Å². The number of aromatic hydroxyl groups is 1. The normalized spacial score (nSPS) is 22.4. The van der Waals surface area contributed by atoms with Crippen LogP contribution < -0.4 is 19.7 Å². The summed E-state index contributed by atoms with van der Waals surface area (Å²) in [6.45, 7) is 2.22. The van der Waals surface area contributed by atoms with Crippen LogP contribution in [0, 0.1) is 11.8 Å². The standard InChI is InChI=1S/C36H34N2O7/c1-3-22-12-16-25(17-13-22)38-33(40)29-30(34(38)41)36(35(42)43,20-23-14-18-26(39)19-15-23)37-31(29)27-10-7-11-28(44-2)32(27)45-21-24-8-5-4-6-9-24/h4-19,29-31,37,39H,3,20-21H2,1-2H3,(H,42,43). The fourth-order valence-electron chi connectivity index (χ4n) is 6.60. The highest BCUT2D eigenvalue weighted by Gasteiger charge is 2.69. The molecule has 4 aromatic rings. The maximum Gasteiger partial charge on any atom is 0.325 e. The lowest BCUT2D eigenvalue weighted by molar-refractivity contribution is -0.148. The second kappa shape index (κ2) is 12.1. The van der Waals surface area contributed by atoms with Crippen LogP contribution in [-0.2, 0) is 33.8 Å². The number of aliphatic carboxylic acids is 1. The topological polar surface area (TPSA) is 125 Å². The second-order valence-electron chi connectivity index (χ2n) is 11.4. The number of rotatable bonds is 10. The number of methoxy groups -OCH3 is 1. The molecule has 2 amide bonds. The molecule has 9 nitrogen and oxygen atoms in total. The van der Waals surface area contributed by atoms with E-state index in [1.807, 2.05) is 49.4 Å². The SMILES string of the molecule is CCc1ccc(N2C(=O)C3C(c4cccc(OC)c4OCc4ccccc4)NC(Cc4ccc(O)cc4)(C(=O)O)C3C2=O)cc1. The van der Waals surface area contributed by atoms with E-state index in [-0.39, 0.29) is 18.8 Å². The fraction of sp³-hybridized carbons (Fsp3) is 0.250. The molecule has 2 fully saturated rings. The lowest BCUT2D eigenvalue weighted by Crippen LogP contribution is -2.57. The lowest BCUT2D eigenvalue weighted by atomic mass is 9.76.